The summed E-state index contributed by atoms with van der Waals surface area (Å²) in [6.07, 6.45) is 1.56. The van der Waals surface area contributed by atoms with Crippen LogP contribution < -0.4 is 5.32 Å². The summed E-state index contributed by atoms with van der Waals surface area (Å²) in [4.78, 5) is 26.9. The van der Waals surface area contributed by atoms with E-state index < -0.39 is 0 Å². The van der Waals surface area contributed by atoms with Gasteiger partial charge in [0.25, 0.3) is 5.91 Å². The van der Waals surface area contributed by atoms with E-state index >= 15 is 0 Å². The molecule has 0 bridgehead atoms. The summed E-state index contributed by atoms with van der Waals surface area (Å²) < 4.78 is 0.928. The number of benzene rings is 2. The number of amides is 2. The highest BCUT2D eigenvalue weighted by atomic mass is 79.9. The third kappa shape index (κ3) is 3.85. The summed E-state index contributed by atoms with van der Waals surface area (Å²) in [5.74, 6) is -0.165. The molecule has 1 aliphatic heterocycles. The van der Waals surface area contributed by atoms with E-state index in [0.717, 1.165) is 16.5 Å². The molecule has 0 aliphatic carbocycles. The van der Waals surface area contributed by atoms with Crippen LogP contribution in [0.5, 0.6) is 0 Å². The fourth-order valence-corrected chi connectivity index (χ4v) is 3.21. The minimum atomic E-state index is -0.384. The van der Waals surface area contributed by atoms with E-state index in [9.17, 15) is 9.59 Å². The highest BCUT2D eigenvalue weighted by Gasteiger charge is 2.34. The Labute approximate surface area is 150 Å². The number of halogens is 1. The van der Waals surface area contributed by atoms with Crippen molar-refractivity contribution in [3.8, 4) is 0 Å². The molecular formula is C19H19BrN2O2. The molecule has 0 radical (unpaired) electrons. The van der Waals surface area contributed by atoms with Gasteiger partial charge in [-0.2, -0.15) is 0 Å². The first-order valence-electron chi connectivity index (χ1n) is 8.03. The van der Waals surface area contributed by atoms with Gasteiger partial charge >= 0.3 is 0 Å². The molecule has 1 heterocycles. The number of hydrogen-bond donors (Lipinski definition) is 1. The predicted molar refractivity (Wildman–Crippen MR) is 96.5 cm³/mol. The van der Waals surface area contributed by atoms with Crippen LogP contribution in [0.25, 0.3) is 0 Å². The summed E-state index contributed by atoms with van der Waals surface area (Å²) in [7, 11) is 0. The zero-order chi connectivity index (χ0) is 16.9. The maximum atomic E-state index is 12.7. The SMILES string of the molecule is O=C(NCc1ccccc1)C1CCCN1C(=O)c1ccc(Br)cc1. The van der Waals surface area contributed by atoms with Gasteiger partial charge in [-0.25, -0.2) is 0 Å². The largest absolute Gasteiger partial charge is 0.350 e. The maximum Gasteiger partial charge on any atom is 0.254 e. The van der Waals surface area contributed by atoms with Crippen LogP contribution >= 0.6 is 15.9 Å². The molecule has 2 amide bonds. The Balaban J connectivity index is 1.65. The molecule has 24 heavy (non-hydrogen) atoms. The molecule has 2 aromatic carbocycles. The van der Waals surface area contributed by atoms with Crippen molar-refractivity contribution in [2.75, 3.05) is 6.54 Å². The van der Waals surface area contributed by atoms with Crippen molar-refractivity contribution in [2.24, 2.45) is 0 Å². The van der Waals surface area contributed by atoms with Crippen molar-refractivity contribution in [3.63, 3.8) is 0 Å². The smallest absolute Gasteiger partial charge is 0.254 e. The van der Waals surface area contributed by atoms with Gasteiger partial charge in [-0.3, -0.25) is 9.59 Å². The molecule has 5 heteroatoms. The molecule has 4 nitrogen and oxygen atoms in total. The van der Waals surface area contributed by atoms with E-state index in [4.69, 9.17) is 0 Å². The molecule has 1 unspecified atom stereocenters. The van der Waals surface area contributed by atoms with Crippen LogP contribution in [0.15, 0.2) is 59.1 Å². The number of nitrogens with one attached hydrogen (secondary N) is 1. The van der Waals surface area contributed by atoms with Gasteiger partial charge in [-0.15, -0.1) is 0 Å². The lowest BCUT2D eigenvalue weighted by Gasteiger charge is -2.24. The van der Waals surface area contributed by atoms with Crippen LogP contribution in [-0.2, 0) is 11.3 Å². The molecule has 1 aliphatic rings. The molecule has 124 valence electrons. The number of carbonyl (C=O) groups is 2. The Kier molecular flexibility index (Phi) is 5.30. The van der Waals surface area contributed by atoms with Gasteiger partial charge in [0.1, 0.15) is 6.04 Å². The van der Waals surface area contributed by atoms with E-state index in [2.05, 4.69) is 21.2 Å². The first kappa shape index (κ1) is 16.7. The van der Waals surface area contributed by atoms with Gasteiger partial charge in [0.05, 0.1) is 0 Å². The molecule has 3 rings (SSSR count). The van der Waals surface area contributed by atoms with E-state index in [1.807, 2.05) is 42.5 Å². The van der Waals surface area contributed by atoms with E-state index in [1.165, 1.54) is 0 Å². The Morgan fingerprint density at radius 1 is 1.08 bits per heavy atom. The summed E-state index contributed by atoms with van der Waals surface area (Å²) in [6, 6.07) is 16.6. The van der Waals surface area contributed by atoms with Crippen molar-refractivity contribution >= 4 is 27.7 Å². The molecule has 0 saturated carbocycles. The topological polar surface area (TPSA) is 49.4 Å². The first-order valence-corrected chi connectivity index (χ1v) is 8.82. The number of likely N-dealkylation sites (tertiary alicyclic amines) is 1. The van der Waals surface area contributed by atoms with Crippen LogP contribution in [0.3, 0.4) is 0 Å². The van der Waals surface area contributed by atoms with Crippen molar-refractivity contribution in [1.29, 1.82) is 0 Å². The van der Waals surface area contributed by atoms with Gasteiger partial charge in [0.15, 0.2) is 0 Å². The third-order valence-corrected chi connectivity index (χ3v) is 4.75. The zero-order valence-corrected chi connectivity index (χ0v) is 14.8. The van der Waals surface area contributed by atoms with Crippen molar-refractivity contribution in [2.45, 2.75) is 25.4 Å². The summed E-state index contributed by atoms with van der Waals surface area (Å²) in [5.41, 5.74) is 1.66. The molecule has 0 aromatic heterocycles. The number of hydrogen-bond acceptors (Lipinski definition) is 2. The molecular weight excluding hydrogens is 368 g/mol. The Hall–Kier alpha value is -2.14. The standard InChI is InChI=1S/C19H19BrN2O2/c20-16-10-8-15(9-11-16)19(24)22-12-4-7-17(22)18(23)21-13-14-5-2-1-3-6-14/h1-3,5-6,8-11,17H,4,7,12-13H2,(H,21,23). The molecule has 1 saturated heterocycles. The second kappa shape index (κ2) is 7.62. The minimum absolute atomic E-state index is 0.0817. The summed E-state index contributed by atoms with van der Waals surface area (Å²) in [5, 5.41) is 2.95. The zero-order valence-electron chi connectivity index (χ0n) is 13.2. The molecule has 1 atom stereocenters. The molecule has 1 fully saturated rings. The first-order chi connectivity index (χ1) is 11.6. The molecule has 2 aromatic rings. The number of nitrogens with zero attached hydrogens (tertiary/aromatic N) is 1. The highest BCUT2D eigenvalue weighted by Crippen LogP contribution is 2.21. The van der Waals surface area contributed by atoms with E-state index in [1.54, 1.807) is 17.0 Å². The second-order valence-electron chi connectivity index (χ2n) is 5.87. The number of carbonyl (C=O) groups excluding carboxylic acids is 2. The van der Waals surface area contributed by atoms with Crippen LogP contribution in [-0.4, -0.2) is 29.3 Å². The maximum absolute atomic E-state index is 12.7. The lowest BCUT2D eigenvalue weighted by Crippen LogP contribution is -2.45. The van der Waals surface area contributed by atoms with E-state index in [0.29, 0.717) is 25.1 Å². The average molecular weight is 387 g/mol. The van der Waals surface area contributed by atoms with Crippen LogP contribution in [0.1, 0.15) is 28.8 Å². The quantitative estimate of drug-likeness (QED) is 0.875. The fourth-order valence-electron chi connectivity index (χ4n) is 2.94. The lowest BCUT2D eigenvalue weighted by molar-refractivity contribution is -0.125. The normalized spacial score (nSPS) is 16.9. The second-order valence-corrected chi connectivity index (χ2v) is 6.78. The van der Waals surface area contributed by atoms with Gasteiger partial charge in [-0.1, -0.05) is 46.3 Å². The molecule has 1 N–H and O–H groups in total. The summed E-state index contributed by atoms with van der Waals surface area (Å²) in [6.45, 7) is 1.11. The predicted octanol–water partition coefficient (Wildman–Crippen LogP) is 3.37. The van der Waals surface area contributed by atoms with E-state index in [-0.39, 0.29) is 17.9 Å². The van der Waals surface area contributed by atoms with Crippen molar-refractivity contribution in [1.82, 2.24) is 10.2 Å². The highest BCUT2D eigenvalue weighted by molar-refractivity contribution is 9.10. The van der Waals surface area contributed by atoms with Crippen LogP contribution in [0.2, 0.25) is 0 Å². The van der Waals surface area contributed by atoms with Crippen LogP contribution in [0, 0.1) is 0 Å². The Morgan fingerprint density at radius 2 is 1.79 bits per heavy atom. The lowest BCUT2D eigenvalue weighted by atomic mass is 10.1. The van der Waals surface area contributed by atoms with Gasteiger partial charge < -0.3 is 10.2 Å². The van der Waals surface area contributed by atoms with Crippen LogP contribution in [0.4, 0.5) is 0 Å². The minimum Gasteiger partial charge on any atom is -0.350 e. The van der Waals surface area contributed by atoms with Crippen molar-refractivity contribution < 1.29 is 9.59 Å². The number of rotatable bonds is 4. The Bertz CT molecular complexity index is 716. The van der Waals surface area contributed by atoms with Gasteiger partial charge in [-0.05, 0) is 42.7 Å². The average Bonchev–Trinajstić information content (AvgIpc) is 3.10. The van der Waals surface area contributed by atoms with Gasteiger partial charge in [0, 0.05) is 23.1 Å². The van der Waals surface area contributed by atoms with Gasteiger partial charge in [0.2, 0.25) is 5.91 Å². The van der Waals surface area contributed by atoms with Crippen molar-refractivity contribution in [3.05, 3.63) is 70.2 Å². The summed E-state index contributed by atoms with van der Waals surface area (Å²) >= 11 is 3.37. The third-order valence-electron chi connectivity index (χ3n) is 4.22. The fraction of sp³-hybridized carbons (Fsp3) is 0.263. The monoisotopic (exact) mass is 386 g/mol. The Morgan fingerprint density at radius 3 is 2.50 bits per heavy atom. The molecule has 0 spiro atoms.